The zero-order valence-electron chi connectivity index (χ0n) is 11.0. The highest BCUT2D eigenvalue weighted by Gasteiger charge is 2.40. The molecule has 2 unspecified atom stereocenters. The summed E-state index contributed by atoms with van der Waals surface area (Å²) < 4.78 is 5.84. The number of anilines is 2. The van der Waals surface area contributed by atoms with Crippen molar-refractivity contribution in [3.05, 3.63) is 11.9 Å². The van der Waals surface area contributed by atoms with Gasteiger partial charge in [-0.05, 0) is 38.0 Å². The first-order valence-corrected chi connectivity index (χ1v) is 7.32. The number of nitrogens with two attached hydrogens (primary N) is 1. The van der Waals surface area contributed by atoms with Gasteiger partial charge in [0.25, 0.3) is 0 Å². The molecule has 2 saturated carbocycles. The highest BCUT2D eigenvalue weighted by Crippen LogP contribution is 2.40. The Hall–Kier alpha value is -1.36. The Bertz CT molecular complexity index is 484. The Morgan fingerprint density at radius 1 is 1.16 bits per heavy atom. The normalized spacial score (nSPS) is 30.5. The monoisotopic (exact) mass is 260 g/mol. The van der Waals surface area contributed by atoms with Crippen LogP contribution in [0.25, 0.3) is 0 Å². The summed E-state index contributed by atoms with van der Waals surface area (Å²) in [4.78, 5) is 8.95. The summed E-state index contributed by atoms with van der Waals surface area (Å²) in [5.74, 6) is 3.63. The minimum Gasteiger partial charge on any atom is -0.384 e. The molecule has 4 rings (SSSR count). The van der Waals surface area contributed by atoms with Gasteiger partial charge in [-0.25, -0.2) is 9.97 Å². The second kappa shape index (κ2) is 4.34. The van der Waals surface area contributed by atoms with Crippen molar-refractivity contribution in [1.29, 1.82) is 0 Å². The number of hydrogen-bond acceptors (Lipinski definition) is 5. The van der Waals surface area contributed by atoms with Gasteiger partial charge in [-0.2, -0.15) is 0 Å². The maximum Gasteiger partial charge on any atom is 0.136 e. The Balaban J connectivity index is 1.52. The number of rotatable bonds is 4. The maximum absolute atomic E-state index is 5.88. The standard InChI is InChI=1S/C14H20N4O/c15-11-7-12(18-14(17-11)9-3-4-9)16-10-5-6-19-13(10)8-1-2-8/h7-10,13H,1-6H2,(H3,15,16,17,18). The molecule has 3 N–H and O–H groups in total. The molecule has 19 heavy (non-hydrogen) atoms. The smallest absolute Gasteiger partial charge is 0.136 e. The van der Waals surface area contributed by atoms with Crippen molar-refractivity contribution in [2.45, 2.75) is 50.2 Å². The van der Waals surface area contributed by atoms with E-state index in [4.69, 9.17) is 10.5 Å². The Labute approximate surface area is 113 Å². The molecule has 0 amide bonds. The van der Waals surface area contributed by atoms with E-state index in [0.29, 0.717) is 23.9 Å². The van der Waals surface area contributed by atoms with E-state index in [2.05, 4.69) is 15.3 Å². The molecule has 2 aliphatic carbocycles. The van der Waals surface area contributed by atoms with E-state index in [9.17, 15) is 0 Å². The van der Waals surface area contributed by atoms with E-state index < -0.39 is 0 Å². The van der Waals surface area contributed by atoms with Crippen LogP contribution in [0.15, 0.2) is 6.07 Å². The van der Waals surface area contributed by atoms with Crippen LogP contribution >= 0.6 is 0 Å². The van der Waals surface area contributed by atoms with Crippen molar-refractivity contribution in [3.8, 4) is 0 Å². The van der Waals surface area contributed by atoms with E-state index in [0.717, 1.165) is 30.6 Å². The van der Waals surface area contributed by atoms with Crippen LogP contribution in [0.5, 0.6) is 0 Å². The fourth-order valence-electron chi connectivity index (χ4n) is 2.93. The minimum atomic E-state index is 0.362. The lowest BCUT2D eigenvalue weighted by atomic mass is 10.1. The van der Waals surface area contributed by atoms with Crippen LogP contribution in [0.4, 0.5) is 11.6 Å². The fraction of sp³-hybridized carbons (Fsp3) is 0.714. The third kappa shape index (κ3) is 2.39. The van der Waals surface area contributed by atoms with Crippen LogP contribution in [0.1, 0.15) is 43.8 Å². The van der Waals surface area contributed by atoms with E-state index >= 15 is 0 Å². The summed E-state index contributed by atoms with van der Waals surface area (Å²) in [5.41, 5.74) is 5.88. The van der Waals surface area contributed by atoms with Crippen molar-refractivity contribution in [2.24, 2.45) is 5.92 Å². The number of nitrogens with one attached hydrogen (secondary N) is 1. The van der Waals surface area contributed by atoms with Crippen molar-refractivity contribution < 1.29 is 4.74 Å². The summed E-state index contributed by atoms with van der Waals surface area (Å²) in [6, 6.07) is 2.22. The van der Waals surface area contributed by atoms with Gasteiger partial charge in [-0.15, -0.1) is 0 Å². The van der Waals surface area contributed by atoms with Crippen molar-refractivity contribution >= 4 is 11.6 Å². The zero-order valence-corrected chi connectivity index (χ0v) is 11.0. The molecule has 1 aromatic heterocycles. The lowest BCUT2D eigenvalue weighted by molar-refractivity contribution is 0.0898. The van der Waals surface area contributed by atoms with Crippen LogP contribution in [0.3, 0.4) is 0 Å². The van der Waals surface area contributed by atoms with Crippen LogP contribution in [0, 0.1) is 5.92 Å². The quantitative estimate of drug-likeness (QED) is 0.865. The van der Waals surface area contributed by atoms with Crippen molar-refractivity contribution in [1.82, 2.24) is 9.97 Å². The number of nitrogens with zero attached hydrogens (tertiary/aromatic N) is 2. The third-order valence-electron chi connectivity index (χ3n) is 4.26. The Morgan fingerprint density at radius 3 is 2.74 bits per heavy atom. The molecule has 5 nitrogen and oxygen atoms in total. The zero-order chi connectivity index (χ0) is 12.8. The lowest BCUT2D eigenvalue weighted by Crippen LogP contribution is -2.31. The molecule has 1 saturated heterocycles. The summed E-state index contributed by atoms with van der Waals surface area (Å²) in [5, 5.41) is 3.52. The second-order valence-electron chi connectivity index (χ2n) is 6.02. The molecular weight excluding hydrogens is 240 g/mol. The number of aromatic nitrogens is 2. The number of nitrogen functional groups attached to an aromatic ring is 1. The summed E-state index contributed by atoms with van der Waals surface area (Å²) in [6.07, 6.45) is 6.43. The first-order valence-electron chi connectivity index (χ1n) is 7.32. The molecule has 0 aromatic carbocycles. The topological polar surface area (TPSA) is 73.1 Å². The molecule has 2 atom stereocenters. The molecule has 2 heterocycles. The first kappa shape index (κ1) is 11.5. The average molecular weight is 260 g/mol. The van der Waals surface area contributed by atoms with Gasteiger partial charge in [0.1, 0.15) is 17.5 Å². The predicted molar refractivity (Wildman–Crippen MR) is 72.9 cm³/mol. The molecule has 0 bridgehead atoms. The van der Waals surface area contributed by atoms with Crippen LogP contribution in [0.2, 0.25) is 0 Å². The van der Waals surface area contributed by atoms with Gasteiger partial charge in [-0.1, -0.05) is 0 Å². The van der Waals surface area contributed by atoms with Crippen LogP contribution in [-0.2, 0) is 4.74 Å². The van der Waals surface area contributed by atoms with Crippen LogP contribution < -0.4 is 11.1 Å². The van der Waals surface area contributed by atoms with Gasteiger partial charge in [-0.3, -0.25) is 0 Å². The second-order valence-corrected chi connectivity index (χ2v) is 6.02. The molecule has 3 fully saturated rings. The van der Waals surface area contributed by atoms with Gasteiger partial charge in [0.05, 0.1) is 12.1 Å². The van der Waals surface area contributed by atoms with E-state index in [1.54, 1.807) is 0 Å². The highest BCUT2D eigenvalue weighted by atomic mass is 16.5. The number of hydrogen-bond donors (Lipinski definition) is 2. The van der Waals surface area contributed by atoms with E-state index in [1.165, 1.54) is 25.7 Å². The third-order valence-corrected chi connectivity index (χ3v) is 4.26. The SMILES string of the molecule is Nc1cc(NC2CCOC2C2CC2)nc(C2CC2)n1. The molecule has 1 aromatic rings. The van der Waals surface area contributed by atoms with Crippen molar-refractivity contribution in [2.75, 3.05) is 17.7 Å². The molecule has 3 aliphatic rings. The van der Waals surface area contributed by atoms with E-state index in [1.807, 2.05) is 6.07 Å². The molecule has 5 heteroatoms. The first-order chi connectivity index (χ1) is 9.29. The molecule has 1 aliphatic heterocycles. The maximum atomic E-state index is 5.88. The lowest BCUT2D eigenvalue weighted by Gasteiger charge is -2.20. The van der Waals surface area contributed by atoms with Crippen molar-refractivity contribution in [3.63, 3.8) is 0 Å². The van der Waals surface area contributed by atoms with Gasteiger partial charge in [0.15, 0.2) is 0 Å². The summed E-state index contributed by atoms with van der Waals surface area (Å²) in [7, 11) is 0. The Kier molecular flexibility index (Phi) is 2.62. The molecule has 102 valence electrons. The fourth-order valence-corrected chi connectivity index (χ4v) is 2.93. The van der Waals surface area contributed by atoms with E-state index in [-0.39, 0.29) is 0 Å². The summed E-state index contributed by atoms with van der Waals surface area (Å²) in [6.45, 7) is 0.856. The van der Waals surface area contributed by atoms with Gasteiger partial charge in [0, 0.05) is 18.6 Å². The summed E-state index contributed by atoms with van der Waals surface area (Å²) >= 11 is 0. The van der Waals surface area contributed by atoms with Crippen LogP contribution in [-0.4, -0.2) is 28.7 Å². The highest BCUT2D eigenvalue weighted by molar-refractivity contribution is 5.46. The van der Waals surface area contributed by atoms with Gasteiger partial charge >= 0.3 is 0 Å². The molecule has 0 spiro atoms. The minimum absolute atomic E-state index is 0.362. The Morgan fingerprint density at radius 2 is 2.00 bits per heavy atom. The molecular formula is C14H20N4O. The predicted octanol–water partition coefficient (Wildman–Crippen LogP) is 1.92. The molecule has 0 radical (unpaired) electrons. The number of ether oxygens (including phenoxy) is 1. The van der Waals surface area contributed by atoms with Gasteiger partial charge in [0.2, 0.25) is 0 Å². The van der Waals surface area contributed by atoms with Gasteiger partial charge < -0.3 is 15.8 Å². The average Bonchev–Trinajstić information content (AvgIpc) is 3.29. The largest absolute Gasteiger partial charge is 0.384 e.